The van der Waals surface area contributed by atoms with Gasteiger partial charge >= 0.3 is 11.6 Å². The first-order chi connectivity index (χ1) is 13.1. The molecule has 0 saturated carbocycles. The quantitative estimate of drug-likeness (QED) is 0.395. The third kappa shape index (κ3) is 3.17. The van der Waals surface area contributed by atoms with Gasteiger partial charge in [0.25, 0.3) is 0 Å². The van der Waals surface area contributed by atoms with Gasteiger partial charge in [-0.3, -0.25) is 10.1 Å². The van der Waals surface area contributed by atoms with Crippen LogP contribution in [0.2, 0.25) is 0 Å². The lowest BCUT2D eigenvalue weighted by atomic mass is 10.2. The Kier molecular flexibility index (Phi) is 4.17. The molecule has 0 bridgehead atoms. The third-order valence-corrected chi connectivity index (χ3v) is 3.89. The van der Waals surface area contributed by atoms with Crippen LogP contribution in [0.5, 0.6) is 11.8 Å². The van der Waals surface area contributed by atoms with E-state index in [1.807, 2.05) is 0 Å². The molecule has 0 N–H and O–H groups in total. The highest BCUT2D eigenvalue weighted by Gasteiger charge is 2.21. The summed E-state index contributed by atoms with van der Waals surface area (Å²) >= 11 is 0. The molecule has 0 amide bonds. The van der Waals surface area contributed by atoms with Gasteiger partial charge in [0.05, 0.1) is 16.9 Å². The highest BCUT2D eigenvalue weighted by Crippen LogP contribution is 2.32. The molecule has 3 aromatic heterocycles. The minimum Gasteiger partial charge on any atom is -0.412 e. The second kappa shape index (κ2) is 6.79. The molecule has 4 rings (SSSR count). The fourth-order valence-corrected chi connectivity index (χ4v) is 2.65. The number of fused-ring (bicyclic) bond motifs is 1. The molecule has 0 atom stereocenters. The van der Waals surface area contributed by atoms with Crippen LogP contribution in [-0.2, 0) is 6.54 Å². The fourth-order valence-electron chi connectivity index (χ4n) is 2.65. The van der Waals surface area contributed by atoms with Crippen LogP contribution in [0.25, 0.3) is 11.0 Å². The van der Waals surface area contributed by atoms with Crippen molar-refractivity contribution in [2.45, 2.75) is 6.54 Å². The third-order valence-electron chi connectivity index (χ3n) is 3.89. The molecule has 134 valence electrons. The maximum Gasteiger partial charge on any atom is 0.331 e. The normalized spacial score (nSPS) is 10.9. The van der Waals surface area contributed by atoms with E-state index in [1.165, 1.54) is 29.1 Å². The average Bonchev–Trinajstić information content (AvgIpc) is 3.01. The van der Waals surface area contributed by atoms with Crippen molar-refractivity contribution in [3.63, 3.8) is 0 Å². The minimum absolute atomic E-state index is 0.108. The van der Waals surface area contributed by atoms with Gasteiger partial charge in [0, 0.05) is 24.0 Å². The standard InChI is InChI=1S/C18H12FN5O3/c19-14-7-2-1-5-12(14)11-23-16-13(6-3-9-20-16)17(22-23)27-18-15(24(25)26)8-4-10-21-18/h1-10H,11H2. The van der Waals surface area contributed by atoms with E-state index in [-0.39, 0.29) is 29.8 Å². The van der Waals surface area contributed by atoms with E-state index in [4.69, 9.17) is 4.74 Å². The number of aromatic nitrogens is 4. The lowest BCUT2D eigenvalue weighted by Crippen LogP contribution is -2.04. The summed E-state index contributed by atoms with van der Waals surface area (Å²) in [6.45, 7) is 0.133. The maximum absolute atomic E-state index is 14.0. The molecule has 8 nitrogen and oxygen atoms in total. The van der Waals surface area contributed by atoms with Crippen molar-refractivity contribution >= 4 is 16.7 Å². The molecular formula is C18H12FN5O3. The number of benzene rings is 1. The predicted octanol–water partition coefficient (Wildman–Crippen LogP) is 3.71. The van der Waals surface area contributed by atoms with Crippen molar-refractivity contribution in [1.82, 2.24) is 19.7 Å². The Morgan fingerprint density at radius 2 is 1.81 bits per heavy atom. The van der Waals surface area contributed by atoms with E-state index in [9.17, 15) is 14.5 Å². The van der Waals surface area contributed by atoms with Crippen LogP contribution in [0.1, 0.15) is 5.56 Å². The Morgan fingerprint density at radius 1 is 1.04 bits per heavy atom. The Labute approximate surface area is 152 Å². The molecule has 0 aliphatic rings. The fraction of sp³-hybridized carbons (Fsp3) is 0.0556. The monoisotopic (exact) mass is 365 g/mol. The van der Waals surface area contributed by atoms with E-state index in [0.29, 0.717) is 16.6 Å². The Balaban J connectivity index is 1.77. The largest absolute Gasteiger partial charge is 0.412 e. The van der Waals surface area contributed by atoms with Crippen molar-refractivity contribution in [2.24, 2.45) is 0 Å². The molecule has 1 aromatic carbocycles. The van der Waals surface area contributed by atoms with E-state index >= 15 is 0 Å². The van der Waals surface area contributed by atoms with Gasteiger partial charge in [-0.25, -0.2) is 19.0 Å². The zero-order chi connectivity index (χ0) is 18.8. The lowest BCUT2D eigenvalue weighted by molar-refractivity contribution is -0.386. The molecule has 0 aliphatic carbocycles. The summed E-state index contributed by atoms with van der Waals surface area (Å²) < 4.78 is 21.1. The minimum atomic E-state index is -0.584. The van der Waals surface area contributed by atoms with Gasteiger partial charge in [0.1, 0.15) is 5.82 Å². The highest BCUT2D eigenvalue weighted by molar-refractivity contribution is 5.81. The number of ether oxygens (including phenoxy) is 1. The van der Waals surface area contributed by atoms with Crippen molar-refractivity contribution in [2.75, 3.05) is 0 Å². The Morgan fingerprint density at radius 3 is 2.63 bits per heavy atom. The van der Waals surface area contributed by atoms with Crippen LogP contribution in [0, 0.1) is 15.9 Å². The van der Waals surface area contributed by atoms with Crippen molar-refractivity contribution in [1.29, 1.82) is 0 Å². The summed E-state index contributed by atoms with van der Waals surface area (Å²) in [5.41, 5.74) is 0.621. The second-order valence-corrected chi connectivity index (χ2v) is 5.62. The molecule has 0 saturated heterocycles. The zero-order valence-corrected chi connectivity index (χ0v) is 13.8. The van der Waals surface area contributed by atoms with E-state index in [0.717, 1.165) is 0 Å². The number of hydrogen-bond donors (Lipinski definition) is 0. The second-order valence-electron chi connectivity index (χ2n) is 5.62. The average molecular weight is 365 g/mol. The van der Waals surface area contributed by atoms with E-state index in [2.05, 4.69) is 15.1 Å². The Hall–Kier alpha value is -3.88. The number of nitro groups is 1. The molecule has 0 spiro atoms. The van der Waals surface area contributed by atoms with Crippen LogP contribution < -0.4 is 4.74 Å². The van der Waals surface area contributed by atoms with Crippen molar-refractivity contribution in [3.05, 3.63) is 82.4 Å². The molecule has 4 aromatic rings. The summed E-state index contributed by atoms with van der Waals surface area (Å²) in [6.07, 6.45) is 2.97. The smallest absolute Gasteiger partial charge is 0.331 e. The summed E-state index contributed by atoms with van der Waals surface area (Å²) in [5.74, 6) is -0.431. The topological polar surface area (TPSA) is 96.0 Å². The number of hydrogen-bond acceptors (Lipinski definition) is 6. The summed E-state index contributed by atoms with van der Waals surface area (Å²) in [5, 5.41) is 16.0. The van der Waals surface area contributed by atoms with Crippen molar-refractivity contribution in [3.8, 4) is 11.8 Å². The molecule has 3 heterocycles. The van der Waals surface area contributed by atoms with Gasteiger partial charge in [-0.05, 0) is 24.3 Å². The van der Waals surface area contributed by atoms with Gasteiger partial charge in [-0.15, -0.1) is 5.10 Å². The molecule has 0 aliphatic heterocycles. The highest BCUT2D eigenvalue weighted by atomic mass is 19.1. The summed E-state index contributed by atoms with van der Waals surface area (Å²) in [6, 6.07) is 12.5. The number of pyridine rings is 2. The summed E-state index contributed by atoms with van der Waals surface area (Å²) in [7, 11) is 0. The molecule has 27 heavy (non-hydrogen) atoms. The van der Waals surface area contributed by atoms with Crippen LogP contribution >= 0.6 is 0 Å². The first kappa shape index (κ1) is 16.6. The van der Waals surface area contributed by atoms with Crippen LogP contribution in [0.4, 0.5) is 10.1 Å². The maximum atomic E-state index is 14.0. The first-order valence-electron chi connectivity index (χ1n) is 7.95. The van der Waals surface area contributed by atoms with Crippen LogP contribution in [0.15, 0.2) is 60.9 Å². The number of rotatable bonds is 5. The van der Waals surface area contributed by atoms with Crippen LogP contribution in [-0.4, -0.2) is 24.7 Å². The van der Waals surface area contributed by atoms with Gasteiger partial charge in [0.15, 0.2) is 5.65 Å². The van der Waals surface area contributed by atoms with Gasteiger partial charge in [0.2, 0.25) is 5.88 Å². The first-order valence-corrected chi connectivity index (χ1v) is 7.95. The van der Waals surface area contributed by atoms with E-state index in [1.54, 1.807) is 36.5 Å². The zero-order valence-electron chi connectivity index (χ0n) is 13.8. The number of nitrogens with zero attached hydrogens (tertiary/aromatic N) is 5. The number of halogens is 1. The predicted molar refractivity (Wildman–Crippen MR) is 94.0 cm³/mol. The molecule has 0 fully saturated rings. The van der Waals surface area contributed by atoms with E-state index < -0.39 is 4.92 Å². The van der Waals surface area contributed by atoms with Crippen LogP contribution in [0.3, 0.4) is 0 Å². The lowest BCUT2D eigenvalue weighted by Gasteiger charge is -2.04. The molecule has 0 radical (unpaired) electrons. The summed E-state index contributed by atoms with van der Waals surface area (Å²) in [4.78, 5) is 18.8. The van der Waals surface area contributed by atoms with Gasteiger partial charge < -0.3 is 4.74 Å². The molecule has 9 heteroatoms. The van der Waals surface area contributed by atoms with Gasteiger partial charge in [-0.1, -0.05) is 18.2 Å². The van der Waals surface area contributed by atoms with Gasteiger partial charge in [-0.2, -0.15) is 0 Å². The SMILES string of the molecule is O=[N+]([O-])c1cccnc1Oc1nn(Cc2ccccc2F)c2ncccc12. The van der Waals surface area contributed by atoms with Crippen molar-refractivity contribution < 1.29 is 14.1 Å². The Bertz CT molecular complexity index is 1140. The molecular weight excluding hydrogens is 353 g/mol. The molecule has 0 unspecified atom stereocenters.